The molecular weight excluding hydrogens is 457 g/mol. The molecule has 2 aliphatic rings. The summed E-state index contributed by atoms with van der Waals surface area (Å²) in [4.78, 5) is 0. The fourth-order valence-electron chi connectivity index (χ4n) is 4.47. The lowest BCUT2D eigenvalue weighted by Gasteiger charge is -2.34. The number of H-pyrrole nitrogens is 1. The molecule has 5 rings (SSSR count). The number of nitrogens with zero attached hydrogens (tertiary/aromatic N) is 4. The molecule has 2 aliphatic heterocycles. The molecule has 176 valence electrons. The summed E-state index contributed by atoms with van der Waals surface area (Å²) < 4.78 is 56.1. The number of aromatic nitrogens is 5. The van der Waals surface area contributed by atoms with Gasteiger partial charge in [0.2, 0.25) is 0 Å². The summed E-state index contributed by atoms with van der Waals surface area (Å²) in [5, 5.41) is 14.4. The Morgan fingerprint density at radius 2 is 2.06 bits per heavy atom. The van der Waals surface area contributed by atoms with Gasteiger partial charge >= 0.3 is 6.18 Å². The van der Waals surface area contributed by atoms with Crippen LogP contribution in [-0.2, 0) is 11.3 Å². The lowest BCUT2D eigenvalue weighted by molar-refractivity contribution is -0.173. The van der Waals surface area contributed by atoms with Gasteiger partial charge in [0.15, 0.2) is 16.6 Å². The lowest BCUT2D eigenvalue weighted by atomic mass is 9.96. The Balaban J connectivity index is 1.55. The molecule has 12 heteroatoms. The molecule has 3 aromatic rings. The van der Waals surface area contributed by atoms with Crippen molar-refractivity contribution < 1.29 is 22.6 Å². The zero-order valence-corrected chi connectivity index (χ0v) is 18.6. The van der Waals surface area contributed by atoms with Crippen LogP contribution >= 0.6 is 12.2 Å². The minimum absolute atomic E-state index is 0.0117. The first-order valence-electron chi connectivity index (χ1n) is 10.7. The molecule has 0 aliphatic carbocycles. The summed E-state index contributed by atoms with van der Waals surface area (Å²) >= 11 is 5.39. The van der Waals surface area contributed by atoms with Gasteiger partial charge in [-0.05, 0) is 42.8 Å². The van der Waals surface area contributed by atoms with E-state index < -0.39 is 18.3 Å². The highest BCUT2D eigenvalue weighted by Gasteiger charge is 2.47. The maximum atomic E-state index is 14.0. The van der Waals surface area contributed by atoms with Crippen LogP contribution in [0.1, 0.15) is 36.9 Å². The molecule has 0 spiro atoms. The number of rotatable bonds is 5. The highest BCUT2D eigenvalue weighted by molar-refractivity contribution is 7.71. The summed E-state index contributed by atoms with van der Waals surface area (Å²) in [7, 11) is 1.54. The van der Waals surface area contributed by atoms with E-state index in [1.807, 2.05) is 0 Å². The van der Waals surface area contributed by atoms with E-state index in [0.717, 1.165) is 23.1 Å². The average molecular weight is 481 g/mol. The van der Waals surface area contributed by atoms with E-state index in [2.05, 4.69) is 20.6 Å². The van der Waals surface area contributed by atoms with Gasteiger partial charge in [0.1, 0.15) is 11.6 Å². The van der Waals surface area contributed by atoms with E-state index in [1.165, 1.54) is 6.20 Å². The monoisotopic (exact) mass is 480 g/mol. The fourth-order valence-corrected chi connectivity index (χ4v) is 4.67. The van der Waals surface area contributed by atoms with Crippen LogP contribution in [0.2, 0.25) is 0 Å². The molecule has 0 unspecified atom stereocenters. The van der Waals surface area contributed by atoms with E-state index >= 15 is 0 Å². The van der Waals surface area contributed by atoms with Crippen molar-refractivity contribution in [3.8, 4) is 17.1 Å². The number of ether oxygens (including phenoxy) is 2. The van der Waals surface area contributed by atoms with Crippen LogP contribution in [0, 0.1) is 4.77 Å². The van der Waals surface area contributed by atoms with Crippen molar-refractivity contribution in [2.24, 2.45) is 0 Å². The Morgan fingerprint density at radius 1 is 1.27 bits per heavy atom. The SMILES string of the molecule is COc1ccc([C@H]2C[C@@H](C(F)(F)F)n3ncc(-c4n[nH]c(=S)n4C[C@@H]4CCCO4)c3N2)cc1. The Labute approximate surface area is 192 Å². The van der Waals surface area contributed by atoms with E-state index in [-0.39, 0.29) is 18.3 Å². The number of nitrogens with one attached hydrogen (secondary N) is 2. The van der Waals surface area contributed by atoms with Crippen LogP contribution in [0.3, 0.4) is 0 Å². The summed E-state index contributed by atoms with van der Waals surface area (Å²) in [6, 6.07) is 4.66. The second-order valence-corrected chi connectivity index (χ2v) is 8.60. The van der Waals surface area contributed by atoms with Crippen LogP contribution in [-0.4, -0.2) is 50.5 Å². The normalized spacial score (nSPS) is 22.7. The van der Waals surface area contributed by atoms with Gasteiger partial charge in [0, 0.05) is 13.0 Å². The van der Waals surface area contributed by atoms with E-state index in [1.54, 1.807) is 35.9 Å². The van der Waals surface area contributed by atoms with Crippen molar-refractivity contribution >= 4 is 18.0 Å². The molecule has 33 heavy (non-hydrogen) atoms. The van der Waals surface area contributed by atoms with Gasteiger partial charge in [0.05, 0.1) is 37.6 Å². The summed E-state index contributed by atoms with van der Waals surface area (Å²) in [6.45, 7) is 1.16. The van der Waals surface area contributed by atoms with Crippen molar-refractivity contribution in [1.29, 1.82) is 0 Å². The predicted molar refractivity (Wildman–Crippen MR) is 117 cm³/mol. The summed E-state index contributed by atoms with van der Waals surface area (Å²) in [5.74, 6) is 1.32. The Hall–Kier alpha value is -2.86. The van der Waals surface area contributed by atoms with Crippen LogP contribution < -0.4 is 10.1 Å². The topological polar surface area (TPSA) is 81.9 Å². The maximum Gasteiger partial charge on any atom is 0.410 e. The van der Waals surface area contributed by atoms with Gasteiger partial charge in [-0.15, -0.1) is 0 Å². The predicted octanol–water partition coefficient (Wildman–Crippen LogP) is 4.65. The molecule has 0 bridgehead atoms. The number of hydrogen-bond acceptors (Lipinski definition) is 6. The van der Waals surface area contributed by atoms with Crippen molar-refractivity contribution in [3.05, 3.63) is 40.8 Å². The number of hydrogen-bond donors (Lipinski definition) is 2. The third kappa shape index (κ3) is 4.12. The number of anilines is 1. The largest absolute Gasteiger partial charge is 0.497 e. The zero-order valence-electron chi connectivity index (χ0n) is 17.8. The van der Waals surface area contributed by atoms with Crippen LogP contribution in [0.4, 0.5) is 19.0 Å². The first-order chi connectivity index (χ1) is 15.8. The van der Waals surface area contributed by atoms with Crippen molar-refractivity contribution in [3.63, 3.8) is 0 Å². The van der Waals surface area contributed by atoms with Crippen LogP contribution in [0.5, 0.6) is 5.75 Å². The van der Waals surface area contributed by atoms with Crippen molar-refractivity contribution in [1.82, 2.24) is 24.5 Å². The third-order valence-electron chi connectivity index (χ3n) is 6.17. The molecule has 0 radical (unpaired) electrons. The molecule has 1 saturated heterocycles. The summed E-state index contributed by atoms with van der Waals surface area (Å²) in [5.41, 5.74) is 1.18. The van der Waals surface area contributed by atoms with Gasteiger partial charge in [0.25, 0.3) is 0 Å². The van der Waals surface area contributed by atoms with E-state index in [9.17, 15) is 13.2 Å². The first-order valence-corrected chi connectivity index (χ1v) is 11.1. The number of alkyl halides is 3. The van der Waals surface area contributed by atoms with Gasteiger partial charge in [-0.25, -0.2) is 4.68 Å². The zero-order chi connectivity index (χ0) is 23.2. The molecular formula is C21H23F3N6O2S. The van der Waals surface area contributed by atoms with Crippen LogP contribution in [0.25, 0.3) is 11.4 Å². The van der Waals surface area contributed by atoms with E-state index in [0.29, 0.717) is 35.1 Å². The maximum absolute atomic E-state index is 14.0. The minimum Gasteiger partial charge on any atom is -0.497 e. The summed E-state index contributed by atoms with van der Waals surface area (Å²) in [6.07, 6.45) is -1.39. The number of methoxy groups -OCH3 is 1. The second-order valence-electron chi connectivity index (χ2n) is 8.21. The average Bonchev–Trinajstić information content (AvgIpc) is 3.54. The Kier molecular flexibility index (Phi) is 5.65. The molecule has 0 saturated carbocycles. The first kappa shape index (κ1) is 22.0. The second kappa shape index (κ2) is 8.49. The highest BCUT2D eigenvalue weighted by Crippen LogP contribution is 2.46. The van der Waals surface area contributed by atoms with Crippen LogP contribution in [0.15, 0.2) is 30.5 Å². The molecule has 8 nitrogen and oxygen atoms in total. The molecule has 2 aromatic heterocycles. The standard InChI is InChI=1S/C21H23F3N6O2S/c1-31-13-6-4-12(5-7-13)16-9-17(21(22,23)24)30-18(26-16)15(10-25-30)19-27-28-20(33)29(19)11-14-3-2-8-32-14/h4-7,10,14,16-17,26H,2-3,8-9,11H2,1H3,(H,28,33)/t14-,16+,17-/m0/s1. The number of fused-ring (bicyclic) bond motifs is 1. The van der Waals surface area contributed by atoms with Gasteiger partial charge in [-0.3, -0.25) is 9.67 Å². The number of aromatic amines is 1. The van der Waals surface area contributed by atoms with Gasteiger partial charge in [-0.2, -0.15) is 23.4 Å². The van der Waals surface area contributed by atoms with Crippen molar-refractivity contribution in [2.75, 3.05) is 19.0 Å². The molecule has 2 N–H and O–H groups in total. The Bertz CT molecular complexity index is 1180. The van der Waals surface area contributed by atoms with Gasteiger partial charge in [-0.1, -0.05) is 12.1 Å². The quantitative estimate of drug-likeness (QED) is 0.518. The molecule has 0 amide bonds. The van der Waals surface area contributed by atoms with Crippen molar-refractivity contribution in [2.45, 2.75) is 50.2 Å². The van der Waals surface area contributed by atoms with E-state index in [4.69, 9.17) is 21.7 Å². The lowest BCUT2D eigenvalue weighted by Crippen LogP contribution is -2.35. The fraction of sp³-hybridized carbons (Fsp3) is 0.476. The molecule has 1 aromatic carbocycles. The minimum atomic E-state index is -4.47. The number of halogens is 3. The Morgan fingerprint density at radius 3 is 2.73 bits per heavy atom. The third-order valence-corrected chi connectivity index (χ3v) is 6.48. The molecule has 1 fully saturated rings. The highest BCUT2D eigenvalue weighted by atomic mass is 32.1. The van der Waals surface area contributed by atoms with Gasteiger partial charge < -0.3 is 14.8 Å². The molecule has 4 heterocycles. The molecule has 3 atom stereocenters. The number of benzene rings is 1. The smallest absolute Gasteiger partial charge is 0.410 e.